The smallest absolute Gasteiger partial charge is 0.243 e. The van der Waals surface area contributed by atoms with E-state index in [2.05, 4.69) is 0 Å². The largest absolute Gasteiger partial charge is 0.302 e. The molecule has 0 unspecified atom stereocenters. The molecule has 0 bridgehead atoms. The maximum absolute atomic E-state index is 12.3. The van der Waals surface area contributed by atoms with Gasteiger partial charge >= 0.3 is 0 Å². The molecule has 0 N–H and O–H groups in total. The van der Waals surface area contributed by atoms with Gasteiger partial charge in [-0.2, -0.15) is 14.6 Å². The number of rotatable bonds is 4. The molecule has 1 saturated heterocycles. The van der Waals surface area contributed by atoms with Crippen LogP contribution in [0.4, 0.5) is 0 Å². The molecule has 0 spiro atoms. The third-order valence-corrected chi connectivity index (χ3v) is 5.06. The lowest BCUT2D eigenvalue weighted by molar-refractivity contribution is -0.163. The number of benzene rings is 1. The number of hydrogen-bond donors (Lipinski definition) is 0. The van der Waals surface area contributed by atoms with Crippen LogP contribution in [-0.4, -0.2) is 51.1 Å². The van der Waals surface area contributed by atoms with Crippen LogP contribution in [0.3, 0.4) is 0 Å². The van der Waals surface area contributed by atoms with Gasteiger partial charge in [0.05, 0.1) is 29.7 Å². The fourth-order valence-corrected chi connectivity index (χ4v) is 3.43. The zero-order valence-electron chi connectivity index (χ0n) is 10.8. The Morgan fingerprint density at radius 1 is 1.47 bits per heavy atom. The fourth-order valence-electron chi connectivity index (χ4n) is 1.87. The Kier molecular flexibility index (Phi) is 3.87. The minimum absolute atomic E-state index is 0.0684. The van der Waals surface area contributed by atoms with E-state index >= 15 is 0 Å². The highest BCUT2D eigenvalue weighted by Gasteiger charge is 2.39. The van der Waals surface area contributed by atoms with E-state index in [1.807, 2.05) is 6.07 Å². The van der Waals surface area contributed by atoms with Crippen LogP contribution in [0.25, 0.3) is 0 Å². The van der Waals surface area contributed by atoms with Gasteiger partial charge in [0, 0.05) is 20.1 Å². The van der Waals surface area contributed by atoms with Crippen LogP contribution in [-0.2, 0) is 14.9 Å². The molecular weight excluding hydrogens is 266 g/mol. The van der Waals surface area contributed by atoms with Crippen LogP contribution in [0, 0.1) is 11.3 Å². The molecule has 1 fully saturated rings. The van der Waals surface area contributed by atoms with Crippen molar-refractivity contribution < 1.29 is 13.3 Å². The van der Waals surface area contributed by atoms with E-state index in [4.69, 9.17) is 10.1 Å². The Labute approximate surface area is 112 Å². The second-order valence-corrected chi connectivity index (χ2v) is 6.28. The first-order valence-electron chi connectivity index (χ1n) is 5.76. The predicted octanol–water partition coefficient (Wildman–Crippen LogP) is 0.424. The van der Waals surface area contributed by atoms with Gasteiger partial charge in [-0.25, -0.2) is 8.42 Å². The topological polar surface area (TPSA) is 73.6 Å². The molecule has 1 aromatic carbocycles. The summed E-state index contributed by atoms with van der Waals surface area (Å²) in [6.45, 7) is 0.785. The Hall–Kier alpha value is -1.46. The van der Waals surface area contributed by atoms with Crippen molar-refractivity contribution in [2.24, 2.45) is 0 Å². The van der Waals surface area contributed by atoms with Crippen molar-refractivity contribution in [1.29, 1.82) is 5.26 Å². The fraction of sp³-hybridized carbons (Fsp3) is 0.417. The number of nitrogens with zero attached hydrogens (tertiary/aromatic N) is 3. The summed E-state index contributed by atoms with van der Waals surface area (Å²) in [6.07, 6.45) is 0. The van der Waals surface area contributed by atoms with Gasteiger partial charge in [0.2, 0.25) is 10.0 Å². The molecule has 0 radical (unpaired) electrons. The van der Waals surface area contributed by atoms with Crippen LogP contribution < -0.4 is 0 Å². The van der Waals surface area contributed by atoms with Crippen LogP contribution in [0.2, 0.25) is 0 Å². The highest BCUT2D eigenvalue weighted by molar-refractivity contribution is 7.89. The van der Waals surface area contributed by atoms with E-state index in [0.29, 0.717) is 18.7 Å². The quantitative estimate of drug-likeness (QED) is 0.748. The third-order valence-electron chi connectivity index (χ3n) is 3.23. The predicted molar refractivity (Wildman–Crippen MR) is 68.5 cm³/mol. The molecule has 1 heterocycles. The van der Waals surface area contributed by atoms with Crippen LogP contribution in [0.1, 0.15) is 5.56 Å². The summed E-state index contributed by atoms with van der Waals surface area (Å²) >= 11 is 0. The van der Waals surface area contributed by atoms with E-state index in [0.717, 1.165) is 0 Å². The van der Waals surface area contributed by atoms with Gasteiger partial charge in [0.15, 0.2) is 0 Å². The Bertz CT molecular complexity index is 603. The summed E-state index contributed by atoms with van der Waals surface area (Å²) in [5.41, 5.74) is 0.340. The van der Waals surface area contributed by atoms with Gasteiger partial charge in [-0.05, 0) is 18.2 Å². The summed E-state index contributed by atoms with van der Waals surface area (Å²) in [5, 5.41) is 10.4. The second kappa shape index (κ2) is 5.27. The summed E-state index contributed by atoms with van der Waals surface area (Å²) in [5.74, 6) is 0. The van der Waals surface area contributed by atoms with E-state index in [-0.39, 0.29) is 10.9 Å². The SMILES string of the molecule is CON(C)C1CN(S(=O)(=O)c2cccc(C#N)c2)C1. The van der Waals surface area contributed by atoms with Crippen molar-refractivity contribution in [3.05, 3.63) is 29.8 Å². The Morgan fingerprint density at radius 2 is 2.16 bits per heavy atom. The van der Waals surface area contributed by atoms with Crippen molar-refractivity contribution in [3.63, 3.8) is 0 Å². The summed E-state index contributed by atoms with van der Waals surface area (Å²) in [4.78, 5) is 5.18. The summed E-state index contributed by atoms with van der Waals surface area (Å²) in [7, 11) is -0.192. The lowest BCUT2D eigenvalue weighted by Gasteiger charge is -2.41. The number of sulfonamides is 1. The average Bonchev–Trinajstić information content (AvgIpc) is 2.36. The molecule has 1 aliphatic rings. The van der Waals surface area contributed by atoms with Crippen molar-refractivity contribution in [2.45, 2.75) is 10.9 Å². The molecule has 102 valence electrons. The van der Waals surface area contributed by atoms with E-state index < -0.39 is 10.0 Å². The van der Waals surface area contributed by atoms with Gasteiger partial charge in [-0.3, -0.25) is 0 Å². The molecule has 0 atom stereocenters. The number of likely N-dealkylation sites (N-methyl/N-ethyl adjacent to an activating group) is 1. The number of hydroxylamine groups is 2. The van der Waals surface area contributed by atoms with Crippen LogP contribution >= 0.6 is 0 Å². The maximum Gasteiger partial charge on any atom is 0.243 e. The minimum atomic E-state index is -3.51. The third kappa shape index (κ3) is 2.62. The number of hydrogen-bond acceptors (Lipinski definition) is 5. The van der Waals surface area contributed by atoms with E-state index in [9.17, 15) is 8.42 Å². The molecule has 19 heavy (non-hydrogen) atoms. The molecule has 2 rings (SSSR count). The standard InChI is InChI=1S/C12H15N3O3S/c1-14(18-2)11-8-15(9-11)19(16,17)12-5-3-4-10(6-12)7-13/h3-6,11H,8-9H2,1-2H3. The van der Waals surface area contributed by atoms with Crippen molar-refractivity contribution in [1.82, 2.24) is 9.37 Å². The summed E-state index contributed by atoms with van der Waals surface area (Å²) in [6, 6.07) is 8.06. The highest BCUT2D eigenvalue weighted by Crippen LogP contribution is 2.24. The first-order chi connectivity index (χ1) is 8.98. The van der Waals surface area contributed by atoms with Gasteiger partial charge in [0.25, 0.3) is 0 Å². The summed E-state index contributed by atoms with van der Waals surface area (Å²) < 4.78 is 26.0. The molecular formula is C12H15N3O3S. The Balaban J connectivity index is 2.15. The lowest BCUT2D eigenvalue weighted by Crippen LogP contribution is -2.59. The van der Waals surface area contributed by atoms with Gasteiger partial charge < -0.3 is 4.84 Å². The molecule has 0 saturated carbocycles. The molecule has 1 aromatic rings. The van der Waals surface area contributed by atoms with Gasteiger partial charge in [-0.15, -0.1) is 0 Å². The first kappa shape index (κ1) is 14.0. The average molecular weight is 281 g/mol. The molecule has 7 heteroatoms. The Morgan fingerprint density at radius 3 is 2.74 bits per heavy atom. The van der Waals surface area contributed by atoms with Crippen molar-refractivity contribution in [3.8, 4) is 6.07 Å². The van der Waals surface area contributed by atoms with Crippen LogP contribution in [0.15, 0.2) is 29.2 Å². The number of nitriles is 1. The second-order valence-electron chi connectivity index (χ2n) is 4.34. The molecule has 0 aliphatic carbocycles. The van der Waals surface area contributed by atoms with Gasteiger partial charge in [-0.1, -0.05) is 6.07 Å². The lowest BCUT2D eigenvalue weighted by atomic mass is 10.2. The zero-order valence-corrected chi connectivity index (χ0v) is 11.6. The van der Waals surface area contributed by atoms with Crippen molar-refractivity contribution in [2.75, 3.05) is 27.2 Å². The van der Waals surface area contributed by atoms with E-state index in [1.165, 1.54) is 16.4 Å². The van der Waals surface area contributed by atoms with Gasteiger partial charge in [0.1, 0.15) is 0 Å². The minimum Gasteiger partial charge on any atom is -0.302 e. The normalized spacial score (nSPS) is 17.2. The van der Waals surface area contributed by atoms with E-state index in [1.54, 1.807) is 31.4 Å². The molecule has 6 nitrogen and oxygen atoms in total. The maximum atomic E-state index is 12.3. The highest BCUT2D eigenvalue weighted by atomic mass is 32.2. The molecule has 1 aliphatic heterocycles. The van der Waals surface area contributed by atoms with Crippen molar-refractivity contribution >= 4 is 10.0 Å². The molecule has 0 aromatic heterocycles. The monoisotopic (exact) mass is 281 g/mol. The zero-order chi connectivity index (χ0) is 14.0. The first-order valence-corrected chi connectivity index (χ1v) is 7.20. The van der Waals surface area contributed by atoms with Crippen LogP contribution in [0.5, 0.6) is 0 Å². The molecule has 0 amide bonds.